The molecule has 15 heavy (non-hydrogen) atoms. The van der Waals surface area contributed by atoms with Gasteiger partial charge in [-0.1, -0.05) is 6.08 Å². The first-order valence-electron chi connectivity index (χ1n) is 5.16. The van der Waals surface area contributed by atoms with Gasteiger partial charge in [0, 0.05) is 32.3 Å². The molecule has 1 N–H and O–H groups in total. The van der Waals surface area contributed by atoms with Gasteiger partial charge in [0.1, 0.15) is 0 Å². The minimum Gasteiger partial charge on any atom is -0.462 e. The van der Waals surface area contributed by atoms with Gasteiger partial charge >= 0.3 is 5.97 Å². The molecule has 0 saturated heterocycles. The third-order valence-electron chi connectivity index (χ3n) is 1.86. The van der Waals surface area contributed by atoms with Gasteiger partial charge in [-0.15, -0.1) is 0 Å². The molecule has 0 aromatic rings. The summed E-state index contributed by atoms with van der Waals surface area (Å²) in [5, 5.41) is 8.50. The summed E-state index contributed by atoms with van der Waals surface area (Å²) in [5.74, 6) is -0.305. The van der Waals surface area contributed by atoms with Crippen LogP contribution in [0.15, 0.2) is 11.6 Å². The summed E-state index contributed by atoms with van der Waals surface area (Å²) in [6, 6.07) is 0. The van der Waals surface area contributed by atoms with Gasteiger partial charge in [0.25, 0.3) is 0 Å². The van der Waals surface area contributed by atoms with Crippen LogP contribution in [0.2, 0.25) is 0 Å². The molecule has 0 heterocycles. The predicted octanol–water partition coefficient (Wildman–Crippen LogP) is 1.28. The van der Waals surface area contributed by atoms with Crippen molar-refractivity contribution in [3.05, 3.63) is 11.6 Å². The van der Waals surface area contributed by atoms with Crippen molar-refractivity contribution in [1.29, 1.82) is 0 Å². The van der Waals surface area contributed by atoms with E-state index in [1.807, 2.05) is 6.08 Å². The molecule has 88 valence electrons. The average Bonchev–Trinajstić information content (AvgIpc) is 2.24. The SMILES string of the molecule is COCCCC=C(C)C(=O)OCCCO. The van der Waals surface area contributed by atoms with Gasteiger partial charge in [-0.2, -0.15) is 0 Å². The number of hydrogen-bond acceptors (Lipinski definition) is 4. The Labute approximate surface area is 90.9 Å². The Morgan fingerprint density at radius 3 is 2.67 bits per heavy atom. The zero-order valence-electron chi connectivity index (χ0n) is 9.49. The van der Waals surface area contributed by atoms with Gasteiger partial charge in [0.05, 0.1) is 6.61 Å². The first-order valence-corrected chi connectivity index (χ1v) is 5.16. The van der Waals surface area contributed by atoms with E-state index in [2.05, 4.69) is 0 Å². The summed E-state index contributed by atoms with van der Waals surface area (Å²) >= 11 is 0. The van der Waals surface area contributed by atoms with Gasteiger partial charge in [-0.3, -0.25) is 0 Å². The molecule has 0 saturated carbocycles. The molecule has 0 unspecified atom stereocenters. The number of aliphatic hydroxyl groups is 1. The fraction of sp³-hybridized carbons (Fsp3) is 0.727. The normalized spacial score (nSPS) is 11.5. The molecule has 0 aromatic heterocycles. The summed E-state index contributed by atoms with van der Waals surface area (Å²) < 4.78 is 9.79. The molecule has 0 radical (unpaired) electrons. The van der Waals surface area contributed by atoms with Crippen LogP contribution in [0.25, 0.3) is 0 Å². The lowest BCUT2D eigenvalue weighted by molar-refractivity contribution is -0.139. The van der Waals surface area contributed by atoms with Crippen LogP contribution < -0.4 is 0 Å². The van der Waals surface area contributed by atoms with Gasteiger partial charge in [-0.05, 0) is 19.8 Å². The summed E-state index contributed by atoms with van der Waals surface area (Å²) in [4.78, 5) is 11.3. The number of esters is 1. The third kappa shape index (κ3) is 8.15. The van der Waals surface area contributed by atoms with Crippen LogP contribution in [0.4, 0.5) is 0 Å². The molecule has 0 aliphatic heterocycles. The highest BCUT2D eigenvalue weighted by Crippen LogP contribution is 2.01. The van der Waals surface area contributed by atoms with Crippen molar-refractivity contribution in [2.75, 3.05) is 26.9 Å². The highest BCUT2D eigenvalue weighted by molar-refractivity contribution is 5.87. The van der Waals surface area contributed by atoms with E-state index in [0.717, 1.165) is 12.8 Å². The second kappa shape index (κ2) is 9.68. The Morgan fingerprint density at radius 1 is 1.33 bits per heavy atom. The molecule has 0 rings (SSSR count). The van der Waals surface area contributed by atoms with Crippen LogP contribution in [0, 0.1) is 0 Å². The standard InChI is InChI=1S/C11H20O4/c1-10(6-3-4-8-14-2)11(13)15-9-5-7-12/h6,12H,3-5,7-9H2,1-2H3. The maximum absolute atomic E-state index is 11.3. The minimum atomic E-state index is -0.305. The van der Waals surface area contributed by atoms with Gasteiger partial charge < -0.3 is 14.6 Å². The van der Waals surface area contributed by atoms with Crippen molar-refractivity contribution in [2.24, 2.45) is 0 Å². The molecular formula is C11H20O4. The quantitative estimate of drug-likeness (QED) is 0.377. The number of unbranched alkanes of at least 4 members (excludes halogenated alkanes) is 1. The Balaban J connectivity index is 3.66. The second-order valence-electron chi connectivity index (χ2n) is 3.24. The number of carbonyl (C=O) groups excluding carboxylic acids is 1. The Bertz CT molecular complexity index is 199. The Kier molecular flexibility index (Phi) is 9.11. The summed E-state index contributed by atoms with van der Waals surface area (Å²) in [6.45, 7) is 2.75. The highest BCUT2D eigenvalue weighted by Gasteiger charge is 2.04. The van der Waals surface area contributed by atoms with Crippen LogP contribution in [0.1, 0.15) is 26.2 Å². The molecule has 0 aliphatic carbocycles. The van der Waals surface area contributed by atoms with E-state index in [-0.39, 0.29) is 19.2 Å². The van der Waals surface area contributed by atoms with Crippen molar-refractivity contribution in [1.82, 2.24) is 0 Å². The molecule has 0 aliphatic rings. The number of hydrogen-bond donors (Lipinski definition) is 1. The molecule has 0 fully saturated rings. The van der Waals surface area contributed by atoms with Gasteiger partial charge in [0.15, 0.2) is 0 Å². The van der Waals surface area contributed by atoms with Gasteiger partial charge in [0.2, 0.25) is 0 Å². The van der Waals surface area contributed by atoms with E-state index in [1.165, 1.54) is 0 Å². The maximum atomic E-state index is 11.3. The van der Waals surface area contributed by atoms with Gasteiger partial charge in [-0.25, -0.2) is 4.79 Å². The predicted molar refractivity (Wildman–Crippen MR) is 57.5 cm³/mol. The van der Waals surface area contributed by atoms with Crippen molar-refractivity contribution >= 4 is 5.97 Å². The van der Waals surface area contributed by atoms with Crippen molar-refractivity contribution in [3.8, 4) is 0 Å². The molecular weight excluding hydrogens is 196 g/mol. The summed E-state index contributed by atoms with van der Waals surface area (Å²) in [6.07, 6.45) is 4.05. The van der Waals surface area contributed by atoms with Crippen LogP contribution in [-0.4, -0.2) is 38.0 Å². The number of aliphatic hydroxyl groups excluding tert-OH is 1. The maximum Gasteiger partial charge on any atom is 0.333 e. The summed E-state index contributed by atoms with van der Waals surface area (Å²) in [5.41, 5.74) is 0.615. The average molecular weight is 216 g/mol. The number of ether oxygens (including phenoxy) is 2. The number of rotatable bonds is 8. The fourth-order valence-electron chi connectivity index (χ4n) is 0.973. The molecule has 0 spiro atoms. The first kappa shape index (κ1) is 14.1. The van der Waals surface area contributed by atoms with E-state index in [9.17, 15) is 4.79 Å². The van der Waals surface area contributed by atoms with Crippen molar-refractivity contribution < 1.29 is 19.4 Å². The van der Waals surface area contributed by atoms with E-state index in [4.69, 9.17) is 14.6 Å². The molecule has 0 aromatic carbocycles. The lowest BCUT2D eigenvalue weighted by atomic mass is 10.2. The highest BCUT2D eigenvalue weighted by atomic mass is 16.5. The molecule has 0 atom stereocenters. The van der Waals surface area contributed by atoms with E-state index >= 15 is 0 Å². The number of allylic oxidation sites excluding steroid dienone is 1. The van der Waals surface area contributed by atoms with Crippen LogP contribution >= 0.6 is 0 Å². The zero-order chi connectivity index (χ0) is 11.5. The van der Waals surface area contributed by atoms with Crippen LogP contribution in [0.3, 0.4) is 0 Å². The summed E-state index contributed by atoms with van der Waals surface area (Å²) in [7, 11) is 1.65. The Morgan fingerprint density at radius 2 is 2.07 bits per heavy atom. The van der Waals surface area contributed by atoms with E-state index < -0.39 is 0 Å². The Hall–Kier alpha value is -0.870. The van der Waals surface area contributed by atoms with Crippen LogP contribution in [0.5, 0.6) is 0 Å². The van der Waals surface area contributed by atoms with Crippen molar-refractivity contribution in [2.45, 2.75) is 26.2 Å². The zero-order valence-corrected chi connectivity index (χ0v) is 9.49. The third-order valence-corrected chi connectivity index (χ3v) is 1.86. The van der Waals surface area contributed by atoms with E-state index in [0.29, 0.717) is 18.6 Å². The molecule has 0 amide bonds. The second-order valence-corrected chi connectivity index (χ2v) is 3.24. The molecule has 4 heteroatoms. The first-order chi connectivity index (χ1) is 7.22. The smallest absolute Gasteiger partial charge is 0.333 e. The largest absolute Gasteiger partial charge is 0.462 e. The fourth-order valence-corrected chi connectivity index (χ4v) is 0.973. The van der Waals surface area contributed by atoms with E-state index in [1.54, 1.807) is 14.0 Å². The molecule has 0 bridgehead atoms. The van der Waals surface area contributed by atoms with Crippen molar-refractivity contribution in [3.63, 3.8) is 0 Å². The van der Waals surface area contributed by atoms with Crippen LogP contribution in [-0.2, 0) is 14.3 Å². The monoisotopic (exact) mass is 216 g/mol. The minimum absolute atomic E-state index is 0.0455. The lowest BCUT2D eigenvalue weighted by Crippen LogP contribution is -2.08. The molecule has 4 nitrogen and oxygen atoms in total. The topological polar surface area (TPSA) is 55.8 Å². The number of methoxy groups -OCH3 is 1. The number of carbonyl (C=O) groups is 1. The lowest BCUT2D eigenvalue weighted by Gasteiger charge is -2.03.